The summed E-state index contributed by atoms with van der Waals surface area (Å²) in [5, 5.41) is 7.18. The van der Waals surface area contributed by atoms with Gasteiger partial charge in [-0.1, -0.05) is 13.8 Å². The van der Waals surface area contributed by atoms with Gasteiger partial charge in [-0.25, -0.2) is 0 Å². The van der Waals surface area contributed by atoms with Crippen LogP contribution in [-0.4, -0.2) is 26.2 Å². The first-order valence-corrected chi connectivity index (χ1v) is 6.64. The zero-order valence-electron chi connectivity index (χ0n) is 10.3. The first-order chi connectivity index (χ1) is 7.23. The average molecular weight is 210 g/mol. The van der Waals surface area contributed by atoms with E-state index in [-0.39, 0.29) is 0 Å². The summed E-state index contributed by atoms with van der Waals surface area (Å²) in [5.41, 5.74) is 0.669. The third-order valence-corrected chi connectivity index (χ3v) is 4.43. The molecule has 2 nitrogen and oxygen atoms in total. The Kier molecular flexibility index (Phi) is 3.68. The minimum Gasteiger partial charge on any atom is -0.316 e. The summed E-state index contributed by atoms with van der Waals surface area (Å²) in [7, 11) is 0. The summed E-state index contributed by atoms with van der Waals surface area (Å²) >= 11 is 0. The standard InChI is InChI=1S/C13H26N2/c1-11(2)13(5-6-13)10-15-9-12-4-3-7-14-8-12/h11-12,14-15H,3-10H2,1-2H3. The minimum atomic E-state index is 0.669. The molecule has 88 valence electrons. The summed E-state index contributed by atoms with van der Waals surface area (Å²) in [6.07, 6.45) is 5.66. The van der Waals surface area contributed by atoms with Crippen LogP contribution in [0.4, 0.5) is 0 Å². The summed E-state index contributed by atoms with van der Waals surface area (Å²) < 4.78 is 0. The van der Waals surface area contributed by atoms with Crippen LogP contribution in [0, 0.1) is 17.3 Å². The molecule has 2 fully saturated rings. The van der Waals surface area contributed by atoms with Gasteiger partial charge in [0.1, 0.15) is 0 Å². The fourth-order valence-corrected chi connectivity index (χ4v) is 2.74. The molecule has 1 atom stereocenters. The van der Waals surface area contributed by atoms with Crippen molar-refractivity contribution in [3.8, 4) is 0 Å². The van der Waals surface area contributed by atoms with Crippen molar-refractivity contribution in [2.75, 3.05) is 26.2 Å². The highest BCUT2D eigenvalue weighted by atomic mass is 14.9. The molecule has 2 heteroatoms. The highest BCUT2D eigenvalue weighted by Crippen LogP contribution is 2.51. The van der Waals surface area contributed by atoms with Crippen LogP contribution in [0.25, 0.3) is 0 Å². The summed E-state index contributed by atoms with van der Waals surface area (Å²) in [6, 6.07) is 0. The van der Waals surface area contributed by atoms with Gasteiger partial charge in [0.05, 0.1) is 0 Å². The van der Waals surface area contributed by atoms with Gasteiger partial charge in [0.25, 0.3) is 0 Å². The van der Waals surface area contributed by atoms with Crippen molar-refractivity contribution in [3.63, 3.8) is 0 Å². The van der Waals surface area contributed by atoms with E-state index in [2.05, 4.69) is 24.5 Å². The molecule has 0 aromatic carbocycles. The second-order valence-electron chi connectivity index (χ2n) is 5.86. The molecule has 2 N–H and O–H groups in total. The van der Waals surface area contributed by atoms with E-state index in [9.17, 15) is 0 Å². The Morgan fingerprint density at radius 1 is 1.40 bits per heavy atom. The largest absolute Gasteiger partial charge is 0.316 e. The molecule has 0 amide bonds. The predicted molar refractivity (Wildman–Crippen MR) is 65.0 cm³/mol. The second-order valence-corrected chi connectivity index (χ2v) is 5.86. The molecule has 2 rings (SSSR count). The Hall–Kier alpha value is -0.0800. The number of rotatable bonds is 5. The molecule has 0 aromatic rings. The molecule has 2 aliphatic rings. The Morgan fingerprint density at radius 3 is 2.73 bits per heavy atom. The van der Waals surface area contributed by atoms with Gasteiger partial charge in [0, 0.05) is 6.54 Å². The Labute approximate surface area is 94.2 Å². The quantitative estimate of drug-likeness (QED) is 0.725. The van der Waals surface area contributed by atoms with Gasteiger partial charge in [-0.3, -0.25) is 0 Å². The third-order valence-electron chi connectivity index (χ3n) is 4.43. The molecule has 1 saturated heterocycles. The van der Waals surface area contributed by atoms with E-state index < -0.39 is 0 Å². The number of hydrogen-bond acceptors (Lipinski definition) is 2. The third kappa shape index (κ3) is 2.94. The molecule has 1 aliphatic heterocycles. The van der Waals surface area contributed by atoms with E-state index >= 15 is 0 Å². The lowest BCUT2D eigenvalue weighted by molar-refractivity contribution is 0.306. The number of hydrogen-bond donors (Lipinski definition) is 2. The summed E-state index contributed by atoms with van der Waals surface area (Å²) in [5.74, 6) is 1.73. The molecule has 0 bridgehead atoms. The normalized spacial score (nSPS) is 29.4. The molecule has 1 unspecified atom stereocenters. The molecule has 1 heterocycles. The topological polar surface area (TPSA) is 24.1 Å². The molecule has 15 heavy (non-hydrogen) atoms. The summed E-state index contributed by atoms with van der Waals surface area (Å²) in [6.45, 7) is 9.67. The monoisotopic (exact) mass is 210 g/mol. The average Bonchev–Trinajstić information content (AvgIpc) is 3.01. The second kappa shape index (κ2) is 4.84. The van der Waals surface area contributed by atoms with Gasteiger partial charge >= 0.3 is 0 Å². The number of nitrogens with one attached hydrogen (secondary N) is 2. The zero-order chi connectivity index (χ0) is 10.7. The lowest BCUT2D eigenvalue weighted by Gasteiger charge is -2.25. The van der Waals surface area contributed by atoms with Gasteiger partial charge in [-0.15, -0.1) is 0 Å². The lowest BCUT2D eigenvalue weighted by atomic mass is 9.92. The van der Waals surface area contributed by atoms with Crippen molar-refractivity contribution in [1.29, 1.82) is 0 Å². The SMILES string of the molecule is CC(C)C1(CNCC2CCCNC2)CC1. The first-order valence-electron chi connectivity index (χ1n) is 6.64. The van der Waals surface area contributed by atoms with Crippen LogP contribution >= 0.6 is 0 Å². The molecule has 0 spiro atoms. The van der Waals surface area contributed by atoms with Crippen molar-refractivity contribution < 1.29 is 0 Å². The van der Waals surface area contributed by atoms with E-state index in [1.807, 2.05) is 0 Å². The van der Waals surface area contributed by atoms with Crippen LogP contribution < -0.4 is 10.6 Å². The van der Waals surface area contributed by atoms with Crippen LogP contribution in [0.5, 0.6) is 0 Å². The van der Waals surface area contributed by atoms with Crippen LogP contribution in [0.3, 0.4) is 0 Å². The number of piperidine rings is 1. The van der Waals surface area contributed by atoms with Crippen molar-refractivity contribution in [2.24, 2.45) is 17.3 Å². The Balaban J connectivity index is 1.62. The lowest BCUT2D eigenvalue weighted by Crippen LogP contribution is -2.38. The van der Waals surface area contributed by atoms with Crippen LogP contribution in [0.1, 0.15) is 39.5 Å². The molecule has 1 aliphatic carbocycles. The highest BCUT2D eigenvalue weighted by molar-refractivity contribution is 4.97. The minimum absolute atomic E-state index is 0.669. The molecule has 1 saturated carbocycles. The van der Waals surface area contributed by atoms with Gasteiger partial charge in [-0.2, -0.15) is 0 Å². The fourth-order valence-electron chi connectivity index (χ4n) is 2.74. The van der Waals surface area contributed by atoms with Crippen molar-refractivity contribution in [1.82, 2.24) is 10.6 Å². The van der Waals surface area contributed by atoms with Gasteiger partial charge in [0.2, 0.25) is 0 Å². The maximum absolute atomic E-state index is 3.70. The van der Waals surface area contributed by atoms with Crippen LogP contribution in [0.2, 0.25) is 0 Å². The molecular formula is C13H26N2. The fraction of sp³-hybridized carbons (Fsp3) is 1.00. The van der Waals surface area contributed by atoms with E-state index in [1.165, 1.54) is 51.9 Å². The van der Waals surface area contributed by atoms with E-state index in [0.29, 0.717) is 5.41 Å². The van der Waals surface area contributed by atoms with E-state index in [4.69, 9.17) is 0 Å². The predicted octanol–water partition coefficient (Wildman–Crippen LogP) is 2.01. The van der Waals surface area contributed by atoms with Crippen LogP contribution in [0.15, 0.2) is 0 Å². The van der Waals surface area contributed by atoms with E-state index in [1.54, 1.807) is 0 Å². The summed E-state index contributed by atoms with van der Waals surface area (Å²) in [4.78, 5) is 0. The van der Waals surface area contributed by atoms with Crippen molar-refractivity contribution in [3.05, 3.63) is 0 Å². The molecule has 0 radical (unpaired) electrons. The molecular weight excluding hydrogens is 184 g/mol. The van der Waals surface area contributed by atoms with E-state index in [0.717, 1.165) is 11.8 Å². The zero-order valence-corrected chi connectivity index (χ0v) is 10.3. The Morgan fingerprint density at radius 2 is 2.20 bits per heavy atom. The smallest absolute Gasteiger partial charge is 0.00104 e. The van der Waals surface area contributed by atoms with Gasteiger partial charge in [0.15, 0.2) is 0 Å². The van der Waals surface area contributed by atoms with Gasteiger partial charge < -0.3 is 10.6 Å². The Bertz CT molecular complexity index is 191. The molecule has 0 aromatic heterocycles. The highest BCUT2D eigenvalue weighted by Gasteiger charge is 2.44. The van der Waals surface area contributed by atoms with Crippen LogP contribution in [-0.2, 0) is 0 Å². The van der Waals surface area contributed by atoms with Gasteiger partial charge in [-0.05, 0) is 62.6 Å². The maximum Gasteiger partial charge on any atom is 0.00104 e. The van der Waals surface area contributed by atoms with Crippen molar-refractivity contribution in [2.45, 2.75) is 39.5 Å². The van der Waals surface area contributed by atoms with Crippen molar-refractivity contribution >= 4 is 0 Å². The first kappa shape index (κ1) is 11.4. The maximum atomic E-state index is 3.70.